The third-order valence-electron chi connectivity index (χ3n) is 21.5. The second-order valence-electron chi connectivity index (χ2n) is 29.4. The molecule has 0 aliphatic carbocycles. The van der Waals surface area contributed by atoms with E-state index in [1.165, 1.54) is 28.5 Å². The number of hydrogen-bond donors (Lipinski definition) is 25. The molecule has 22 aliphatic heterocycles. The van der Waals surface area contributed by atoms with Crippen LogP contribution < -0.4 is 0 Å². The number of carbonyl (C=O) groups is 3. The molecule has 120 heavy (non-hydrogen) atoms. The quantitative estimate of drug-likeness (QED) is 0.0633. The lowest BCUT2D eigenvalue weighted by Gasteiger charge is -2.50. The van der Waals surface area contributed by atoms with Gasteiger partial charge in [0, 0.05) is 19.6 Å². The Morgan fingerprint density at radius 1 is 0.383 bits per heavy atom. The first-order valence-electron chi connectivity index (χ1n) is 37.3. The molecule has 3 aromatic rings. The molecule has 0 radical (unpaired) electrons. The SMILES string of the molecule is Cl.FC(F)(F)c1cccc(C2=CCN(CCc3ccc4ccccc4c3)CC2)c1.O.O=C(O)CC(O)(CC(=O)O)C(=O)O.OC[C@H]1O[C@@H]2O[C@H]3[C@H](O)[C@@H](O)[C@@H](O[C@H]4[C@H](O)[C@@H](O)[C@@H](O[C@H]5[C@H](O)[C@@H](O)[C@@H](O[C@H]6[C@H](O)[C@@H](O)[C@@H](O[C@H]7[C@H](O)[C@@H](O)[C@@H](O[C@H]8[C@H](O)[C@@H](O)[C@@H](O[C@H]1[C@H](O)[C@H]2O)O[C@@H]8CO)O[C@@H]7CO)O[C@@H]6CO)O[C@@H]5CO)O[C@@H]4CO)O[C@@H]3CO. The topological polar surface area (TPSA) is 721 Å². The van der Waals surface area contributed by atoms with Gasteiger partial charge in [-0.1, -0.05) is 60.7 Å². The summed E-state index contributed by atoms with van der Waals surface area (Å²) in [6.07, 6.45) is -73.0. The van der Waals surface area contributed by atoms with E-state index < -0.39 is 309 Å². The van der Waals surface area contributed by atoms with Crippen LogP contribution in [0.4, 0.5) is 13.2 Å². The molecule has 27 N–H and O–H groups in total. The van der Waals surface area contributed by atoms with Crippen LogP contribution in [0.15, 0.2) is 72.8 Å². The normalized spacial score (nSPS) is 40.3. The van der Waals surface area contributed by atoms with Gasteiger partial charge in [0.15, 0.2) is 49.6 Å². The molecule has 22 heterocycles. The standard InChI is InChI=1S/C42H70O35.C24H22F3N.C6H8O7.ClH.H2O/c43-1-8-29-15(50)22(57)36(64-8)72-30-9(2-44)66-38(24(59)17(30)52)74-32-11(4-46)68-40(26(61)19(32)54)76-34-13(6-48)70-42(28(63)21(34)56)77-35-14(7-49)69-41(27(62)20(35)55)75-33-12(5-47)67-39(25(60)18(33)53)73-31-10(3-45)65-37(71-29)23(58)16(31)51;25-24(26,27)23-7-3-6-22(17-23)20-11-14-28(15-12-20)13-10-18-8-9-19-4-1-2-5-21(19)16-18;7-3(8)1-6(13,5(11)12)2-4(9)10;;/h8-63H,1-7H2;1-9,11,16-17H,10,12-15H2;13H,1-2H2,(H,7,8)(H,9,10)(H,11,12);1H;1H2/t8-,9-,10-,11-,12-,13-,14-,15-,16-,17-,18-,19-,20-,21-,22-,23-,24-,25-,26-,27-,28-,29-,30-,31-,32-,33-,34-,35-,36-,37-,38-,39-,40-,41-,42-;;;;/m1..../s1. The molecule has 0 spiro atoms. The highest BCUT2D eigenvalue weighted by Gasteiger charge is 2.60. The molecule has 48 heteroatoms. The number of carboxylic acids is 3. The second-order valence-corrected chi connectivity index (χ2v) is 29.4. The smallest absolute Gasteiger partial charge is 0.416 e. The Kier molecular flexibility index (Phi) is 36.4. The van der Waals surface area contributed by atoms with Crippen molar-refractivity contribution in [2.75, 3.05) is 65.9 Å². The molecule has 0 unspecified atom stereocenters. The van der Waals surface area contributed by atoms with Crippen LogP contribution in [0.25, 0.3) is 16.3 Å². The van der Waals surface area contributed by atoms with Gasteiger partial charge in [-0.15, -0.1) is 12.4 Å². The molecule has 0 saturated carbocycles. The maximum atomic E-state index is 12.9. The highest BCUT2D eigenvalue weighted by atomic mass is 35.5. The van der Waals surface area contributed by atoms with Gasteiger partial charge < -0.3 is 199 Å². The summed E-state index contributed by atoms with van der Waals surface area (Å²) in [5, 5.41) is 267. The van der Waals surface area contributed by atoms with Crippen LogP contribution in [0.3, 0.4) is 0 Å². The van der Waals surface area contributed by atoms with E-state index in [9.17, 15) is 135 Å². The molecule has 0 amide bonds. The molecule has 35 atom stereocenters. The molecule has 25 rings (SSSR count). The van der Waals surface area contributed by atoms with Crippen molar-refractivity contribution < 1.29 is 227 Å². The number of benzene rings is 3. The summed E-state index contributed by atoms with van der Waals surface area (Å²) in [5.41, 5.74) is -0.314. The van der Waals surface area contributed by atoms with Gasteiger partial charge in [-0.05, 0) is 52.4 Å². The van der Waals surface area contributed by atoms with Gasteiger partial charge >= 0.3 is 24.1 Å². The number of alkyl halides is 3. The molecule has 44 nitrogen and oxygen atoms in total. The fraction of sp³-hybridized carbons (Fsp3) is 0.708. The Morgan fingerprint density at radius 3 is 0.925 bits per heavy atom. The van der Waals surface area contributed by atoms with Crippen molar-refractivity contribution in [1.29, 1.82) is 0 Å². The van der Waals surface area contributed by atoms with E-state index in [0.717, 1.165) is 44.1 Å². The van der Waals surface area contributed by atoms with Crippen LogP contribution in [0.5, 0.6) is 0 Å². The average Bonchev–Trinajstić information content (AvgIpc) is 0.782. The van der Waals surface area contributed by atoms with Gasteiger partial charge in [-0.25, -0.2) is 4.79 Å². The first kappa shape index (κ1) is 100. The van der Waals surface area contributed by atoms with Crippen LogP contribution >= 0.6 is 12.4 Å². The number of aliphatic hydroxyl groups excluding tert-OH is 21. The van der Waals surface area contributed by atoms with E-state index in [1.54, 1.807) is 6.07 Å². The minimum atomic E-state index is -4.29. The highest BCUT2D eigenvalue weighted by molar-refractivity contribution is 5.88. The van der Waals surface area contributed by atoms with Crippen LogP contribution in [0.2, 0.25) is 0 Å². The summed E-state index contributed by atoms with van der Waals surface area (Å²) in [4.78, 5) is 32.8. The highest BCUT2D eigenvalue weighted by Crippen LogP contribution is 2.40. The maximum absolute atomic E-state index is 12.9. The average molecular weight is 1760 g/mol. The largest absolute Gasteiger partial charge is 0.481 e. The third-order valence-corrected chi connectivity index (χ3v) is 21.5. The molecule has 682 valence electrons. The van der Waals surface area contributed by atoms with E-state index in [2.05, 4.69) is 47.4 Å². The number of aliphatic hydroxyl groups is 22. The molecule has 14 bridgehead atoms. The van der Waals surface area contributed by atoms with Gasteiger partial charge in [0.25, 0.3) is 0 Å². The Balaban J connectivity index is 0.000000339. The van der Waals surface area contributed by atoms with Crippen LogP contribution in [0, 0.1) is 0 Å². The summed E-state index contributed by atoms with van der Waals surface area (Å²) < 4.78 is 118. The van der Waals surface area contributed by atoms with Gasteiger partial charge in [0.2, 0.25) is 0 Å². The molecule has 3 aromatic carbocycles. The summed E-state index contributed by atoms with van der Waals surface area (Å²) in [6, 6.07) is 20.6. The molecule has 0 aromatic heterocycles. The van der Waals surface area contributed by atoms with Gasteiger partial charge in [-0.2, -0.15) is 13.2 Å². The zero-order chi connectivity index (χ0) is 86.3. The van der Waals surface area contributed by atoms with Crippen LogP contribution in [0.1, 0.15) is 36.0 Å². The van der Waals surface area contributed by atoms with Crippen molar-refractivity contribution in [3.63, 3.8) is 0 Å². The van der Waals surface area contributed by atoms with Crippen molar-refractivity contribution in [2.24, 2.45) is 0 Å². The lowest BCUT2D eigenvalue weighted by atomic mass is 9.95. The Hall–Kier alpha value is -5.37. The van der Waals surface area contributed by atoms with Crippen LogP contribution in [-0.2, 0) is 93.3 Å². The number of halogens is 4. The van der Waals surface area contributed by atoms with Crippen molar-refractivity contribution >= 4 is 46.7 Å². The summed E-state index contributed by atoms with van der Waals surface area (Å²) in [7, 11) is 0. The zero-order valence-corrected chi connectivity index (χ0v) is 64.0. The number of fused-ring (bicyclic) bond motifs is 1. The monoisotopic (exact) mass is 1760 g/mol. The number of nitrogens with zero attached hydrogens (tertiary/aromatic N) is 1. The molecule has 21 fully saturated rings. The van der Waals surface area contributed by atoms with Gasteiger partial charge in [0.1, 0.15) is 171 Å². The number of rotatable bonds is 16. The fourth-order valence-electron chi connectivity index (χ4n) is 14.9. The fourth-order valence-corrected chi connectivity index (χ4v) is 14.9. The lowest BCUT2D eigenvalue weighted by molar-refractivity contribution is -0.396. The first-order chi connectivity index (χ1) is 55.9. The summed E-state index contributed by atoms with van der Waals surface area (Å²) >= 11 is 0. The van der Waals surface area contributed by atoms with E-state index >= 15 is 0 Å². The summed E-state index contributed by atoms with van der Waals surface area (Å²) in [5.74, 6) is -5.02. The Morgan fingerprint density at radius 2 is 0.675 bits per heavy atom. The minimum absolute atomic E-state index is 0. The predicted molar refractivity (Wildman–Crippen MR) is 385 cm³/mol. The minimum Gasteiger partial charge on any atom is -0.481 e. The van der Waals surface area contributed by atoms with E-state index in [-0.39, 0.29) is 17.9 Å². The maximum Gasteiger partial charge on any atom is 0.416 e. The van der Waals surface area contributed by atoms with E-state index in [1.807, 2.05) is 6.07 Å². The van der Waals surface area contributed by atoms with Crippen molar-refractivity contribution in [3.8, 4) is 0 Å². The summed E-state index contributed by atoms with van der Waals surface area (Å²) in [6.45, 7) is -4.73. The lowest BCUT2D eigenvalue weighted by Crippen LogP contribution is -2.68. The van der Waals surface area contributed by atoms with E-state index in [4.69, 9.17) is 86.7 Å². The molecule has 22 aliphatic rings. The predicted octanol–water partition coefficient (Wildman–Crippen LogP) is -10.7. The Labute approximate surface area is 684 Å². The van der Waals surface area contributed by atoms with Crippen molar-refractivity contribution in [1.82, 2.24) is 4.90 Å². The zero-order valence-electron chi connectivity index (χ0n) is 63.1. The first-order valence-corrected chi connectivity index (χ1v) is 37.3. The number of carboxylic acid groups (broad SMARTS) is 3. The number of hydrogen-bond acceptors (Lipinski definition) is 40. The van der Waals surface area contributed by atoms with Gasteiger partial charge in [-0.3, -0.25) is 14.5 Å². The van der Waals surface area contributed by atoms with Gasteiger partial charge in [0.05, 0.1) is 64.7 Å². The number of aliphatic carboxylic acids is 3. The number of ether oxygens (including phenoxy) is 14. The molecular weight excluding hydrogens is 1660 g/mol. The molecule has 21 saturated heterocycles. The van der Waals surface area contributed by atoms with Crippen molar-refractivity contribution in [3.05, 3.63) is 89.5 Å². The van der Waals surface area contributed by atoms with Crippen LogP contribution in [-0.4, -0.2) is 442 Å². The Bertz CT molecular complexity index is 3370. The third kappa shape index (κ3) is 22.9. The van der Waals surface area contributed by atoms with Crippen molar-refractivity contribution in [2.45, 2.75) is 252 Å². The second kappa shape index (κ2) is 43.7. The van der Waals surface area contributed by atoms with E-state index in [0.29, 0.717) is 5.56 Å². The molecular formula is C72H103ClF3NO43.